The van der Waals surface area contributed by atoms with Crippen LogP contribution in [0, 0.1) is 6.92 Å². The minimum absolute atomic E-state index is 1.11. The van der Waals surface area contributed by atoms with Crippen LogP contribution in [0.4, 0.5) is 0 Å². The average molecular weight is 228 g/mol. The number of furan rings is 1. The van der Waals surface area contributed by atoms with Crippen LogP contribution in [0.5, 0.6) is 0 Å². The fourth-order valence-corrected chi connectivity index (χ4v) is 3.12. The van der Waals surface area contributed by atoms with E-state index in [1.54, 1.807) is 11.1 Å². The van der Waals surface area contributed by atoms with Gasteiger partial charge in [-0.3, -0.25) is 0 Å². The summed E-state index contributed by atoms with van der Waals surface area (Å²) in [6.45, 7) is 4.37. The van der Waals surface area contributed by atoms with Gasteiger partial charge in [0, 0.05) is 10.9 Å². The number of rotatable bonds is 3. The smallest absolute Gasteiger partial charge is 0.134 e. The molecule has 1 nitrogen and oxygen atoms in total. The van der Waals surface area contributed by atoms with Crippen LogP contribution < -0.4 is 0 Å². The van der Waals surface area contributed by atoms with Crippen molar-refractivity contribution in [3.05, 3.63) is 34.6 Å². The summed E-state index contributed by atoms with van der Waals surface area (Å²) in [7, 11) is 0. The normalized spacial score (nSPS) is 14.5. The number of unbranched alkanes of at least 4 members (excludes halogenated alkanes) is 1. The maximum Gasteiger partial charge on any atom is 0.134 e. The summed E-state index contributed by atoms with van der Waals surface area (Å²) in [6, 6.07) is 4.43. The minimum atomic E-state index is 1.11. The highest BCUT2D eigenvalue weighted by molar-refractivity contribution is 5.87. The lowest BCUT2D eigenvalue weighted by molar-refractivity contribution is 0.570. The maximum absolute atomic E-state index is 5.92. The first-order chi connectivity index (χ1) is 8.31. The van der Waals surface area contributed by atoms with E-state index in [0.29, 0.717) is 0 Å². The second-order valence-corrected chi connectivity index (χ2v) is 5.17. The molecule has 90 valence electrons. The Hall–Kier alpha value is -1.24. The van der Waals surface area contributed by atoms with Crippen molar-refractivity contribution in [3.8, 4) is 0 Å². The Balaban J connectivity index is 2.19. The Morgan fingerprint density at radius 2 is 2.12 bits per heavy atom. The molecule has 0 fully saturated rings. The van der Waals surface area contributed by atoms with Crippen LogP contribution >= 0.6 is 0 Å². The summed E-state index contributed by atoms with van der Waals surface area (Å²) in [5.74, 6) is 1.13. The quantitative estimate of drug-likeness (QED) is 0.750. The van der Waals surface area contributed by atoms with E-state index in [9.17, 15) is 0 Å². The van der Waals surface area contributed by atoms with Gasteiger partial charge in [0.2, 0.25) is 0 Å². The number of fused-ring (bicyclic) bond motifs is 3. The molecule has 1 heteroatoms. The summed E-state index contributed by atoms with van der Waals surface area (Å²) in [6.07, 6.45) is 7.49. The Morgan fingerprint density at radius 3 is 2.94 bits per heavy atom. The zero-order valence-electron chi connectivity index (χ0n) is 10.8. The first kappa shape index (κ1) is 10.9. The summed E-state index contributed by atoms with van der Waals surface area (Å²) >= 11 is 0. The van der Waals surface area contributed by atoms with Gasteiger partial charge in [-0.1, -0.05) is 19.4 Å². The van der Waals surface area contributed by atoms with Gasteiger partial charge in [0.25, 0.3) is 0 Å². The van der Waals surface area contributed by atoms with Gasteiger partial charge in [0.1, 0.15) is 11.3 Å². The third kappa shape index (κ3) is 1.69. The van der Waals surface area contributed by atoms with Crippen molar-refractivity contribution in [1.29, 1.82) is 0 Å². The standard InChI is InChI=1S/C16H20O/c1-3-4-7-13-11(2)17-15-10-9-12-6-5-8-14(12)16(13)15/h9-10H,3-8H2,1-2H3. The van der Waals surface area contributed by atoms with Gasteiger partial charge in [-0.05, 0) is 56.2 Å². The zero-order chi connectivity index (χ0) is 11.8. The summed E-state index contributed by atoms with van der Waals surface area (Å²) < 4.78 is 5.92. The first-order valence-electron chi connectivity index (χ1n) is 6.84. The Bertz CT molecular complexity index is 548. The highest BCUT2D eigenvalue weighted by Crippen LogP contribution is 2.35. The highest BCUT2D eigenvalue weighted by atomic mass is 16.3. The van der Waals surface area contributed by atoms with Gasteiger partial charge in [-0.25, -0.2) is 0 Å². The molecule has 17 heavy (non-hydrogen) atoms. The molecule has 0 aliphatic heterocycles. The van der Waals surface area contributed by atoms with E-state index < -0.39 is 0 Å². The van der Waals surface area contributed by atoms with E-state index in [2.05, 4.69) is 26.0 Å². The van der Waals surface area contributed by atoms with Gasteiger partial charge in [-0.15, -0.1) is 0 Å². The highest BCUT2D eigenvalue weighted by Gasteiger charge is 2.19. The lowest BCUT2D eigenvalue weighted by Gasteiger charge is -2.03. The van der Waals surface area contributed by atoms with Gasteiger partial charge in [0.05, 0.1) is 0 Å². The second-order valence-electron chi connectivity index (χ2n) is 5.17. The third-order valence-electron chi connectivity index (χ3n) is 4.01. The molecular weight excluding hydrogens is 208 g/mol. The minimum Gasteiger partial charge on any atom is -0.461 e. The van der Waals surface area contributed by atoms with E-state index in [4.69, 9.17) is 4.42 Å². The number of aryl methyl sites for hydroxylation is 4. The summed E-state index contributed by atoms with van der Waals surface area (Å²) in [5.41, 5.74) is 5.70. The monoisotopic (exact) mass is 228 g/mol. The predicted octanol–water partition coefficient (Wildman–Crippen LogP) is 4.57. The third-order valence-corrected chi connectivity index (χ3v) is 4.01. The number of hydrogen-bond donors (Lipinski definition) is 0. The molecule has 0 unspecified atom stereocenters. The van der Waals surface area contributed by atoms with Crippen LogP contribution in [0.1, 0.15) is 48.6 Å². The summed E-state index contributed by atoms with van der Waals surface area (Å²) in [5, 5.41) is 1.45. The zero-order valence-corrected chi connectivity index (χ0v) is 10.8. The second kappa shape index (κ2) is 4.21. The predicted molar refractivity (Wildman–Crippen MR) is 71.6 cm³/mol. The molecule has 0 spiro atoms. The van der Waals surface area contributed by atoms with Crippen molar-refractivity contribution >= 4 is 11.0 Å². The van der Waals surface area contributed by atoms with Crippen molar-refractivity contribution in [2.75, 3.05) is 0 Å². The number of benzene rings is 1. The molecule has 0 bridgehead atoms. The van der Waals surface area contributed by atoms with E-state index in [1.165, 1.54) is 49.5 Å². The lowest BCUT2D eigenvalue weighted by Crippen LogP contribution is -1.90. The molecule has 1 heterocycles. The van der Waals surface area contributed by atoms with Gasteiger partial charge in [-0.2, -0.15) is 0 Å². The molecule has 1 aliphatic rings. The van der Waals surface area contributed by atoms with Crippen molar-refractivity contribution < 1.29 is 4.42 Å². The lowest BCUT2D eigenvalue weighted by atomic mass is 9.98. The average Bonchev–Trinajstić information content (AvgIpc) is 2.89. The van der Waals surface area contributed by atoms with Crippen molar-refractivity contribution in [1.82, 2.24) is 0 Å². The van der Waals surface area contributed by atoms with Gasteiger partial charge >= 0.3 is 0 Å². The molecule has 0 saturated heterocycles. The molecule has 3 rings (SSSR count). The van der Waals surface area contributed by atoms with E-state index in [-0.39, 0.29) is 0 Å². The Kier molecular flexibility index (Phi) is 2.70. The summed E-state index contributed by atoms with van der Waals surface area (Å²) in [4.78, 5) is 0. The fraction of sp³-hybridized carbons (Fsp3) is 0.500. The van der Waals surface area contributed by atoms with Gasteiger partial charge in [0.15, 0.2) is 0 Å². The number of hydrogen-bond acceptors (Lipinski definition) is 1. The molecule has 0 saturated carbocycles. The van der Waals surface area contributed by atoms with E-state index in [1.807, 2.05) is 0 Å². The molecule has 1 aromatic carbocycles. The molecule has 1 aromatic heterocycles. The van der Waals surface area contributed by atoms with Gasteiger partial charge < -0.3 is 4.42 Å². The largest absolute Gasteiger partial charge is 0.461 e. The SMILES string of the molecule is CCCCc1c(C)oc2ccc3c(c12)CCC3. The van der Waals surface area contributed by atoms with Crippen LogP contribution in [0.2, 0.25) is 0 Å². The first-order valence-corrected chi connectivity index (χ1v) is 6.84. The molecule has 0 N–H and O–H groups in total. The van der Waals surface area contributed by atoms with Crippen LogP contribution in [-0.2, 0) is 19.3 Å². The van der Waals surface area contributed by atoms with E-state index in [0.717, 1.165) is 11.3 Å². The fourth-order valence-electron chi connectivity index (χ4n) is 3.12. The molecule has 0 amide bonds. The molecular formula is C16H20O. The Morgan fingerprint density at radius 1 is 1.24 bits per heavy atom. The molecule has 2 aromatic rings. The van der Waals surface area contributed by atoms with Crippen LogP contribution in [0.3, 0.4) is 0 Å². The van der Waals surface area contributed by atoms with Crippen molar-refractivity contribution in [2.45, 2.75) is 52.4 Å². The topological polar surface area (TPSA) is 13.1 Å². The van der Waals surface area contributed by atoms with Crippen LogP contribution in [0.15, 0.2) is 16.5 Å². The Labute approximate surface area is 103 Å². The van der Waals surface area contributed by atoms with Crippen molar-refractivity contribution in [3.63, 3.8) is 0 Å². The van der Waals surface area contributed by atoms with Crippen molar-refractivity contribution in [2.24, 2.45) is 0 Å². The van der Waals surface area contributed by atoms with Crippen LogP contribution in [-0.4, -0.2) is 0 Å². The molecule has 0 atom stereocenters. The maximum atomic E-state index is 5.92. The van der Waals surface area contributed by atoms with E-state index >= 15 is 0 Å². The molecule has 1 aliphatic carbocycles. The van der Waals surface area contributed by atoms with Crippen LogP contribution in [0.25, 0.3) is 11.0 Å². The molecule has 0 radical (unpaired) electrons.